The van der Waals surface area contributed by atoms with E-state index in [4.69, 9.17) is 0 Å². The quantitative estimate of drug-likeness (QED) is 0.702. The Hall–Kier alpha value is -1.20. The molecule has 0 atom stereocenters. The lowest BCUT2D eigenvalue weighted by molar-refractivity contribution is 0.132. The van der Waals surface area contributed by atoms with E-state index in [1.54, 1.807) is 13.8 Å². The normalized spacial score (nSPS) is 11.6. The number of nitrogens with zero attached hydrogens (tertiary/aromatic N) is 3. The van der Waals surface area contributed by atoms with Crippen LogP contribution in [0.3, 0.4) is 0 Å². The Bertz CT molecular complexity index is 353. The molecule has 1 aromatic heterocycles. The summed E-state index contributed by atoms with van der Waals surface area (Å²) >= 11 is 0. The Morgan fingerprint density at radius 2 is 1.92 bits per heavy atom. The lowest BCUT2D eigenvalue weighted by Crippen LogP contribution is -2.25. The summed E-state index contributed by atoms with van der Waals surface area (Å²) in [4.78, 5) is 11.3. The van der Waals surface area contributed by atoms with Gasteiger partial charge in [-0.2, -0.15) is 0 Å². The summed E-state index contributed by atoms with van der Waals surface area (Å²) in [5.74, 6) is -0.470. The third-order valence-electron chi connectivity index (χ3n) is 1.69. The van der Waals surface area contributed by atoms with Crippen molar-refractivity contribution in [2.45, 2.75) is 26.3 Å². The zero-order valence-corrected chi connectivity index (χ0v) is 7.66. The van der Waals surface area contributed by atoms with E-state index in [9.17, 15) is 13.6 Å². The van der Waals surface area contributed by atoms with E-state index in [0.717, 1.165) is 9.25 Å². The van der Waals surface area contributed by atoms with Crippen LogP contribution in [0.15, 0.2) is 4.79 Å². The number of hydrogen-bond acceptors (Lipinski definition) is 2. The molecule has 0 aliphatic heterocycles. The van der Waals surface area contributed by atoms with Crippen LogP contribution < -0.4 is 5.69 Å². The second-order valence-electron chi connectivity index (χ2n) is 3.03. The van der Waals surface area contributed by atoms with Gasteiger partial charge in [0.2, 0.25) is 5.82 Å². The molecule has 4 nitrogen and oxygen atoms in total. The maximum Gasteiger partial charge on any atom is 0.346 e. The van der Waals surface area contributed by atoms with Crippen LogP contribution >= 0.6 is 0 Å². The molecule has 0 unspecified atom stereocenters. The van der Waals surface area contributed by atoms with E-state index in [2.05, 4.69) is 5.10 Å². The molecule has 0 N–H and O–H groups in total. The van der Waals surface area contributed by atoms with Crippen molar-refractivity contribution < 1.29 is 8.78 Å². The minimum absolute atomic E-state index is 0.301. The topological polar surface area (TPSA) is 39.8 Å². The monoisotopic (exact) mass is 191 g/mol. The van der Waals surface area contributed by atoms with Crippen LogP contribution in [0, 0.1) is 0 Å². The molecule has 1 aromatic rings. The maximum absolute atomic E-state index is 12.3. The van der Waals surface area contributed by atoms with Gasteiger partial charge in [-0.05, 0) is 13.8 Å². The number of aromatic nitrogens is 3. The number of rotatable bonds is 2. The highest BCUT2D eigenvalue weighted by Gasteiger charge is 2.21. The highest BCUT2D eigenvalue weighted by Crippen LogP contribution is 2.17. The number of halogens is 2. The van der Waals surface area contributed by atoms with E-state index < -0.39 is 17.9 Å². The van der Waals surface area contributed by atoms with Gasteiger partial charge in [-0.25, -0.2) is 18.3 Å². The molecule has 0 fully saturated rings. The zero-order chi connectivity index (χ0) is 10.2. The minimum Gasteiger partial charge on any atom is -0.272 e. The van der Waals surface area contributed by atoms with Crippen molar-refractivity contribution in [2.24, 2.45) is 7.05 Å². The first kappa shape index (κ1) is 9.88. The first-order chi connectivity index (χ1) is 5.95. The highest BCUT2D eigenvalue weighted by atomic mass is 19.3. The summed E-state index contributed by atoms with van der Waals surface area (Å²) in [5, 5.41) is 3.45. The van der Waals surface area contributed by atoms with Crippen molar-refractivity contribution in [1.82, 2.24) is 14.3 Å². The highest BCUT2D eigenvalue weighted by molar-refractivity contribution is 4.90. The van der Waals surface area contributed by atoms with E-state index in [1.165, 1.54) is 7.05 Å². The van der Waals surface area contributed by atoms with Gasteiger partial charge in [-0.15, -0.1) is 5.10 Å². The maximum atomic E-state index is 12.3. The summed E-state index contributed by atoms with van der Waals surface area (Å²) in [7, 11) is 1.35. The third-order valence-corrected chi connectivity index (χ3v) is 1.69. The fraction of sp³-hybridized carbons (Fsp3) is 0.714. The molecule has 0 saturated carbocycles. The van der Waals surface area contributed by atoms with Crippen LogP contribution in [0.5, 0.6) is 0 Å². The van der Waals surface area contributed by atoms with Crippen molar-refractivity contribution in [3.8, 4) is 0 Å². The van der Waals surface area contributed by atoms with Gasteiger partial charge in [0.1, 0.15) is 0 Å². The van der Waals surface area contributed by atoms with Gasteiger partial charge in [-0.1, -0.05) is 0 Å². The van der Waals surface area contributed by atoms with Gasteiger partial charge in [0.25, 0.3) is 6.43 Å². The van der Waals surface area contributed by atoms with Gasteiger partial charge in [-0.3, -0.25) is 4.57 Å². The standard InChI is InChI=1S/C7H11F2N3O/c1-4(2)12-6(5(8)9)10-11(3)7(12)13/h4-5H,1-3H3. The fourth-order valence-corrected chi connectivity index (χ4v) is 1.13. The van der Waals surface area contributed by atoms with Gasteiger partial charge < -0.3 is 0 Å². The van der Waals surface area contributed by atoms with Crippen LogP contribution in [0.4, 0.5) is 8.78 Å². The molecule has 0 saturated heterocycles. The third kappa shape index (κ3) is 1.61. The van der Waals surface area contributed by atoms with E-state index in [-0.39, 0.29) is 6.04 Å². The molecule has 0 amide bonds. The van der Waals surface area contributed by atoms with Crippen molar-refractivity contribution in [1.29, 1.82) is 0 Å². The molecule has 1 rings (SSSR count). The van der Waals surface area contributed by atoms with Gasteiger partial charge in [0.05, 0.1) is 0 Å². The smallest absolute Gasteiger partial charge is 0.272 e. The molecule has 0 bridgehead atoms. The van der Waals surface area contributed by atoms with E-state index in [0.29, 0.717) is 0 Å². The second-order valence-corrected chi connectivity index (χ2v) is 3.03. The first-order valence-corrected chi connectivity index (χ1v) is 3.88. The van der Waals surface area contributed by atoms with E-state index >= 15 is 0 Å². The fourth-order valence-electron chi connectivity index (χ4n) is 1.13. The second kappa shape index (κ2) is 3.27. The largest absolute Gasteiger partial charge is 0.346 e. The minimum atomic E-state index is -2.71. The summed E-state index contributed by atoms with van der Waals surface area (Å²) < 4.78 is 26.6. The Morgan fingerprint density at radius 1 is 1.38 bits per heavy atom. The van der Waals surface area contributed by atoms with Gasteiger partial charge >= 0.3 is 5.69 Å². The zero-order valence-electron chi connectivity index (χ0n) is 7.66. The molecule has 0 spiro atoms. The molecule has 1 heterocycles. The van der Waals surface area contributed by atoms with Crippen molar-refractivity contribution in [3.63, 3.8) is 0 Å². The Kier molecular flexibility index (Phi) is 2.49. The van der Waals surface area contributed by atoms with Crippen molar-refractivity contribution in [2.75, 3.05) is 0 Å². The average molecular weight is 191 g/mol. The molecule has 0 aromatic carbocycles. The average Bonchev–Trinajstić information content (AvgIpc) is 2.28. The molecule has 74 valence electrons. The Balaban J connectivity index is 3.36. The summed E-state index contributed by atoms with van der Waals surface area (Å²) in [6.07, 6.45) is -2.71. The molecule has 0 aliphatic carbocycles. The first-order valence-electron chi connectivity index (χ1n) is 3.88. The molecule has 6 heteroatoms. The van der Waals surface area contributed by atoms with Gasteiger partial charge in [0.15, 0.2) is 0 Å². The van der Waals surface area contributed by atoms with Crippen LogP contribution in [0.25, 0.3) is 0 Å². The molecular weight excluding hydrogens is 180 g/mol. The number of aryl methyl sites for hydroxylation is 1. The van der Waals surface area contributed by atoms with Crippen LogP contribution in [0.1, 0.15) is 32.1 Å². The Labute approximate surface area is 73.8 Å². The Morgan fingerprint density at radius 3 is 2.23 bits per heavy atom. The van der Waals surface area contributed by atoms with Gasteiger partial charge in [0, 0.05) is 13.1 Å². The van der Waals surface area contributed by atoms with Crippen LogP contribution in [-0.4, -0.2) is 14.3 Å². The lowest BCUT2D eigenvalue weighted by Gasteiger charge is -2.07. The lowest BCUT2D eigenvalue weighted by atomic mass is 10.4. The predicted molar refractivity (Wildman–Crippen MR) is 42.8 cm³/mol. The molecular formula is C7H11F2N3O. The van der Waals surface area contributed by atoms with Crippen LogP contribution in [-0.2, 0) is 7.05 Å². The van der Waals surface area contributed by atoms with E-state index in [1.807, 2.05) is 0 Å². The van der Waals surface area contributed by atoms with Crippen LogP contribution in [0.2, 0.25) is 0 Å². The summed E-state index contributed by atoms with van der Waals surface area (Å²) in [5.41, 5.74) is -0.509. The summed E-state index contributed by atoms with van der Waals surface area (Å²) in [6.45, 7) is 3.32. The molecule has 13 heavy (non-hydrogen) atoms. The number of alkyl halides is 2. The van der Waals surface area contributed by atoms with Crippen molar-refractivity contribution >= 4 is 0 Å². The predicted octanol–water partition coefficient (Wildman–Crippen LogP) is 1.10. The molecule has 0 aliphatic rings. The SMILES string of the molecule is CC(C)n1c(C(F)F)nn(C)c1=O. The number of hydrogen-bond donors (Lipinski definition) is 0. The molecule has 0 radical (unpaired) electrons. The summed E-state index contributed by atoms with van der Waals surface area (Å²) in [6, 6.07) is -0.301. The van der Waals surface area contributed by atoms with Crippen molar-refractivity contribution in [3.05, 3.63) is 16.3 Å².